The first-order valence-corrected chi connectivity index (χ1v) is 10.7. The highest BCUT2D eigenvalue weighted by Crippen LogP contribution is 2.24. The van der Waals surface area contributed by atoms with Crippen molar-refractivity contribution in [3.8, 4) is 0 Å². The van der Waals surface area contributed by atoms with Crippen LogP contribution in [0.1, 0.15) is 52.0 Å². The molecular weight excluding hydrogens is 366 g/mol. The number of hydrogen-bond acceptors (Lipinski definition) is 3. The van der Waals surface area contributed by atoms with Crippen LogP contribution in [-0.4, -0.2) is 35.7 Å². The van der Waals surface area contributed by atoms with E-state index in [2.05, 4.69) is 22.5 Å². The monoisotopic (exact) mass is 399 g/mol. The number of benzene rings is 1. The summed E-state index contributed by atoms with van der Waals surface area (Å²) in [6, 6.07) is 7.46. The summed E-state index contributed by atoms with van der Waals surface area (Å²) in [7, 11) is 0. The molecule has 1 aromatic carbocycles. The van der Waals surface area contributed by atoms with Crippen LogP contribution in [0.4, 0.5) is 4.79 Å². The SMILES string of the molecule is CC(C)COC(=O)N[C@@H](Cc1c[nH]c2ccccc12)C(=O)N[C@H]1CCCC[C@@H]1C. The first-order chi connectivity index (χ1) is 13.9. The number of nitrogens with one attached hydrogen (secondary N) is 3. The van der Waals surface area contributed by atoms with Gasteiger partial charge in [-0.2, -0.15) is 0 Å². The molecule has 2 amide bonds. The Morgan fingerprint density at radius 3 is 2.72 bits per heavy atom. The van der Waals surface area contributed by atoms with E-state index >= 15 is 0 Å². The average Bonchev–Trinajstić information content (AvgIpc) is 3.10. The van der Waals surface area contributed by atoms with Crippen molar-refractivity contribution in [1.29, 1.82) is 0 Å². The number of carbonyl (C=O) groups excluding carboxylic acids is 2. The Kier molecular flexibility index (Phi) is 7.18. The number of alkyl carbamates (subject to hydrolysis) is 1. The van der Waals surface area contributed by atoms with Crippen LogP contribution >= 0.6 is 0 Å². The van der Waals surface area contributed by atoms with Crippen LogP contribution in [0.5, 0.6) is 0 Å². The van der Waals surface area contributed by atoms with Crippen molar-refractivity contribution in [1.82, 2.24) is 15.6 Å². The number of carbonyl (C=O) groups is 2. The van der Waals surface area contributed by atoms with E-state index in [-0.39, 0.29) is 17.9 Å². The zero-order chi connectivity index (χ0) is 20.8. The lowest BCUT2D eigenvalue weighted by molar-refractivity contribution is -0.124. The highest BCUT2D eigenvalue weighted by Gasteiger charge is 2.28. The smallest absolute Gasteiger partial charge is 0.407 e. The van der Waals surface area contributed by atoms with Crippen LogP contribution in [0.25, 0.3) is 10.9 Å². The highest BCUT2D eigenvalue weighted by molar-refractivity contribution is 5.88. The summed E-state index contributed by atoms with van der Waals surface area (Å²) >= 11 is 0. The van der Waals surface area contributed by atoms with Gasteiger partial charge in [0.15, 0.2) is 0 Å². The molecule has 0 saturated heterocycles. The molecule has 0 radical (unpaired) electrons. The van der Waals surface area contributed by atoms with Gasteiger partial charge in [0, 0.05) is 29.6 Å². The number of hydrogen-bond donors (Lipinski definition) is 3. The van der Waals surface area contributed by atoms with Crippen molar-refractivity contribution < 1.29 is 14.3 Å². The van der Waals surface area contributed by atoms with Crippen molar-refractivity contribution in [2.24, 2.45) is 11.8 Å². The van der Waals surface area contributed by atoms with Gasteiger partial charge in [-0.3, -0.25) is 4.79 Å². The topological polar surface area (TPSA) is 83.2 Å². The zero-order valence-electron chi connectivity index (χ0n) is 17.7. The Morgan fingerprint density at radius 1 is 1.21 bits per heavy atom. The Bertz CT molecular complexity index is 830. The molecular formula is C23H33N3O3. The van der Waals surface area contributed by atoms with E-state index in [9.17, 15) is 9.59 Å². The third-order valence-corrected chi connectivity index (χ3v) is 5.69. The number of rotatable bonds is 7. The number of fused-ring (bicyclic) bond motifs is 1. The fourth-order valence-electron chi connectivity index (χ4n) is 3.97. The third kappa shape index (κ3) is 5.75. The number of para-hydroxylation sites is 1. The lowest BCUT2D eigenvalue weighted by Crippen LogP contribution is -2.52. The van der Waals surface area contributed by atoms with E-state index in [1.54, 1.807) is 0 Å². The molecule has 3 N–H and O–H groups in total. The Balaban J connectivity index is 1.73. The van der Waals surface area contributed by atoms with E-state index in [0.717, 1.165) is 35.7 Å². The lowest BCUT2D eigenvalue weighted by atomic mass is 9.85. The molecule has 0 aliphatic heterocycles. The minimum Gasteiger partial charge on any atom is -0.449 e. The summed E-state index contributed by atoms with van der Waals surface area (Å²) in [5.41, 5.74) is 2.02. The van der Waals surface area contributed by atoms with E-state index in [0.29, 0.717) is 18.9 Å². The summed E-state index contributed by atoms with van der Waals surface area (Å²) in [4.78, 5) is 28.6. The number of aromatic amines is 1. The van der Waals surface area contributed by atoms with E-state index in [4.69, 9.17) is 4.74 Å². The Hall–Kier alpha value is -2.50. The molecule has 1 saturated carbocycles. The maximum absolute atomic E-state index is 13.1. The second-order valence-electron chi connectivity index (χ2n) is 8.63. The maximum atomic E-state index is 13.1. The predicted octanol–water partition coefficient (Wildman–Crippen LogP) is 4.16. The summed E-state index contributed by atoms with van der Waals surface area (Å²) in [6.07, 6.45) is 6.24. The second-order valence-corrected chi connectivity index (χ2v) is 8.63. The van der Waals surface area contributed by atoms with Gasteiger partial charge in [0.2, 0.25) is 5.91 Å². The first-order valence-electron chi connectivity index (χ1n) is 10.7. The second kappa shape index (κ2) is 9.81. The van der Waals surface area contributed by atoms with Crippen LogP contribution in [-0.2, 0) is 16.0 Å². The average molecular weight is 400 g/mol. The summed E-state index contributed by atoms with van der Waals surface area (Å²) in [5, 5.41) is 7.04. The molecule has 3 rings (SSSR count). The molecule has 1 fully saturated rings. The molecule has 158 valence electrons. The molecule has 2 aromatic rings. The number of aromatic nitrogens is 1. The third-order valence-electron chi connectivity index (χ3n) is 5.69. The molecule has 0 unspecified atom stereocenters. The van der Waals surface area contributed by atoms with Gasteiger partial charge in [0.1, 0.15) is 6.04 Å². The van der Waals surface area contributed by atoms with Gasteiger partial charge in [0.25, 0.3) is 0 Å². The summed E-state index contributed by atoms with van der Waals surface area (Å²) in [5.74, 6) is 0.551. The van der Waals surface area contributed by atoms with Gasteiger partial charge in [-0.15, -0.1) is 0 Å². The van der Waals surface area contributed by atoms with Crippen molar-refractivity contribution in [2.75, 3.05) is 6.61 Å². The molecule has 1 aliphatic carbocycles. The van der Waals surface area contributed by atoms with Crippen LogP contribution in [0.3, 0.4) is 0 Å². The van der Waals surface area contributed by atoms with Gasteiger partial charge in [-0.05, 0) is 36.3 Å². The van der Waals surface area contributed by atoms with Crippen LogP contribution in [0.2, 0.25) is 0 Å². The minimum absolute atomic E-state index is 0.143. The molecule has 1 heterocycles. The number of ether oxygens (including phenoxy) is 1. The van der Waals surface area contributed by atoms with Crippen molar-refractivity contribution in [2.45, 2.75) is 65.0 Å². The lowest BCUT2D eigenvalue weighted by Gasteiger charge is -2.31. The van der Waals surface area contributed by atoms with Gasteiger partial charge in [0.05, 0.1) is 6.61 Å². The predicted molar refractivity (Wildman–Crippen MR) is 115 cm³/mol. The first kappa shape index (κ1) is 21.2. The van der Waals surface area contributed by atoms with Crippen molar-refractivity contribution in [3.63, 3.8) is 0 Å². The highest BCUT2D eigenvalue weighted by atomic mass is 16.5. The normalized spacial score (nSPS) is 20.4. The molecule has 1 aliphatic rings. The van der Waals surface area contributed by atoms with Gasteiger partial charge >= 0.3 is 6.09 Å². The van der Waals surface area contributed by atoms with Crippen molar-refractivity contribution in [3.05, 3.63) is 36.0 Å². The molecule has 6 nitrogen and oxygen atoms in total. The Labute approximate surface area is 172 Å². The molecule has 3 atom stereocenters. The van der Waals surface area contributed by atoms with Gasteiger partial charge in [-0.1, -0.05) is 51.8 Å². The Morgan fingerprint density at radius 2 is 1.97 bits per heavy atom. The molecule has 29 heavy (non-hydrogen) atoms. The maximum Gasteiger partial charge on any atom is 0.407 e. The van der Waals surface area contributed by atoms with Crippen molar-refractivity contribution >= 4 is 22.9 Å². The standard InChI is InChI=1S/C23H33N3O3/c1-15(2)14-29-23(28)26-21(22(27)25-19-10-6-4-8-16(19)3)12-17-13-24-20-11-7-5-9-18(17)20/h5,7,9,11,13,15-16,19,21,24H,4,6,8,10,12,14H2,1-3H3,(H,25,27)(H,26,28)/t16-,19-,21-/m0/s1. The largest absolute Gasteiger partial charge is 0.449 e. The molecule has 0 spiro atoms. The van der Waals surface area contributed by atoms with Crippen LogP contribution in [0, 0.1) is 11.8 Å². The fourth-order valence-corrected chi connectivity index (χ4v) is 3.97. The molecule has 0 bridgehead atoms. The van der Waals surface area contributed by atoms with Crippen LogP contribution in [0.15, 0.2) is 30.5 Å². The van der Waals surface area contributed by atoms with E-state index in [1.165, 1.54) is 6.42 Å². The fraction of sp³-hybridized carbons (Fsp3) is 0.565. The van der Waals surface area contributed by atoms with Gasteiger partial charge < -0.3 is 20.4 Å². The number of H-pyrrole nitrogens is 1. The number of amides is 2. The quantitative estimate of drug-likeness (QED) is 0.654. The molecule has 6 heteroatoms. The minimum atomic E-state index is -0.678. The van der Waals surface area contributed by atoms with E-state index in [1.807, 2.05) is 44.3 Å². The van der Waals surface area contributed by atoms with E-state index < -0.39 is 12.1 Å². The molecule has 1 aromatic heterocycles. The van der Waals surface area contributed by atoms with Crippen LogP contribution < -0.4 is 10.6 Å². The van der Waals surface area contributed by atoms with Gasteiger partial charge in [-0.25, -0.2) is 4.79 Å². The summed E-state index contributed by atoms with van der Waals surface area (Å²) in [6.45, 7) is 6.47. The summed E-state index contributed by atoms with van der Waals surface area (Å²) < 4.78 is 5.26. The zero-order valence-corrected chi connectivity index (χ0v) is 17.7.